The molecule has 0 aliphatic rings. The second-order valence-corrected chi connectivity index (χ2v) is 7.11. The molecule has 1 aromatic carbocycles. The van der Waals surface area contributed by atoms with Crippen molar-refractivity contribution >= 4 is 23.2 Å². The molecule has 2 aromatic heterocycles. The third-order valence-corrected chi connectivity index (χ3v) is 5.03. The number of rotatable bonds is 9. The molecular formula is C20H22N4O3S. The number of aromatic nitrogens is 2. The monoisotopic (exact) mass is 398 g/mol. The van der Waals surface area contributed by atoms with Gasteiger partial charge < -0.3 is 14.7 Å². The summed E-state index contributed by atoms with van der Waals surface area (Å²) in [6.07, 6.45) is 0.518. The number of hydrogen-bond donors (Lipinski definition) is 1. The van der Waals surface area contributed by atoms with Gasteiger partial charge in [-0.15, -0.1) is 11.3 Å². The molecule has 0 radical (unpaired) electrons. The summed E-state index contributed by atoms with van der Waals surface area (Å²) in [5.74, 6) is 0.599. The van der Waals surface area contributed by atoms with Gasteiger partial charge in [-0.05, 0) is 23.9 Å². The third kappa shape index (κ3) is 5.50. The second kappa shape index (κ2) is 9.80. The van der Waals surface area contributed by atoms with Crippen molar-refractivity contribution in [2.75, 3.05) is 13.1 Å². The van der Waals surface area contributed by atoms with Gasteiger partial charge >= 0.3 is 0 Å². The van der Waals surface area contributed by atoms with Gasteiger partial charge in [0.15, 0.2) is 0 Å². The number of amides is 2. The van der Waals surface area contributed by atoms with Gasteiger partial charge in [0.05, 0.1) is 11.4 Å². The average molecular weight is 398 g/mol. The Hall–Kier alpha value is -3.00. The zero-order valence-electron chi connectivity index (χ0n) is 15.6. The van der Waals surface area contributed by atoms with Gasteiger partial charge in [-0.25, -0.2) is 0 Å². The zero-order valence-corrected chi connectivity index (χ0v) is 16.4. The van der Waals surface area contributed by atoms with Crippen LogP contribution in [0.3, 0.4) is 0 Å². The zero-order chi connectivity index (χ0) is 19.8. The minimum atomic E-state index is -0.222. The van der Waals surface area contributed by atoms with Gasteiger partial charge in [-0.3, -0.25) is 9.59 Å². The first-order valence-corrected chi connectivity index (χ1v) is 9.98. The summed E-state index contributed by atoms with van der Waals surface area (Å²) in [4.78, 5) is 31.3. The summed E-state index contributed by atoms with van der Waals surface area (Å²) in [5.41, 5.74) is 1.06. The highest BCUT2D eigenvalue weighted by Crippen LogP contribution is 2.21. The molecule has 2 heterocycles. The average Bonchev–Trinajstić information content (AvgIpc) is 3.41. The fourth-order valence-electron chi connectivity index (χ4n) is 2.64. The van der Waals surface area contributed by atoms with E-state index in [9.17, 15) is 9.59 Å². The maximum atomic E-state index is 12.4. The van der Waals surface area contributed by atoms with Crippen LogP contribution in [-0.4, -0.2) is 39.9 Å². The van der Waals surface area contributed by atoms with Gasteiger partial charge in [0, 0.05) is 25.9 Å². The van der Waals surface area contributed by atoms with Crippen LogP contribution in [0.25, 0.3) is 10.7 Å². The molecule has 3 rings (SSSR count). The molecule has 1 N–H and O–H groups in total. The van der Waals surface area contributed by atoms with Gasteiger partial charge in [0.25, 0.3) is 0 Å². The lowest BCUT2D eigenvalue weighted by atomic mass is 10.2. The van der Waals surface area contributed by atoms with Gasteiger partial charge in [0.1, 0.15) is 0 Å². The van der Waals surface area contributed by atoms with Crippen LogP contribution in [0.5, 0.6) is 0 Å². The molecule has 28 heavy (non-hydrogen) atoms. The van der Waals surface area contributed by atoms with Crippen LogP contribution >= 0.6 is 11.3 Å². The van der Waals surface area contributed by atoms with Crippen molar-refractivity contribution in [3.8, 4) is 10.7 Å². The normalized spacial score (nSPS) is 10.6. The van der Waals surface area contributed by atoms with Crippen LogP contribution in [0, 0.1) is 0 Å². The van der Waals surface area contributed by atoms with E-state index in [-0.39, 0.29) is 24.8 Å². The molecule has 7 nitrogen and oxygen atoms in total. The Morgan fingerprint density at radius 3 is 2.71 bits per heavy atom. The Morgan fingerprint density at radius 2 is 2.00 bits per heavy atom. The fraction of sp³-hybridized carbons (Fsp3) is 0.300. The Balaban J connectivity index is 1.42. The largest absolute Gasteiger partial charge is 0.347 e. The van der Waals surface area contributed by atoms with Crippen LogP contribution in [0.4, 0.5) is 0 Å². The number of nitrogens with zero attached hydrogens (tertiary/aromatic N) is 3. The number of carbonyl (C=O) groups excluding carboxylic acids is 2. The number of likely N-dealkylation sites (N-methyl/N-ethyl adjacent to an activating group) is 1. The summed E-state index contributed by atoms with van der Waals surface area (Å²) in [6, 6.07) is 13.6. The summed E-state index contributed by atoms with van der Waals surface area (Å²) < 4.78 is 5.18. The molecule has 0 bridgehead atoms. The first-order valence-electron chi connectivity index (χ1n) is 9.10. The van der Waals surface area contributed by atoms with E-state index in [4.69, 9.17) is 4.52 Å². The van der Waals surface area contributed by atoms with E-state index >= 15 is 0 Å². The van der Waals surface area contributed by atoms with Crippen LogP contribution in [0.15, 0.2) is 52.4 Å². The molecule has 8 heteroatoms. The third-order valence-electron chi connectivity index (χ3n) is 4.16. The molecule has 146 valence electrons. The summed E-state index contributed by atoms with van der Waals surface area (Å²) in [6.45, 7) is 3.00. The van der Waals surface area contributed by atoms with E-state index in [1.807, 2.05) is 54.8 Å². The second-order valence-electron chi connectivity index (χ2n) is 6.16. The first-order chi connectivity index (χ1) is 13.7. The van der Waals surface area contributed by atoms with Gasteiger partial charge in [-0.1, -0.05) is 41.6 Å². The molecule has 0 aliphatic carbocycles. The summed E-state index contributed by atoms with van der Waals surface area (Å²) in [7, 11) is 0. The van der Waals surface area contributed by atoms with E-state index in [1.54, 1.807) is 4.90 Å². The number of aryl methyl sites for hydroxylation is 1. The lowest BCUT2D eigenvalue weighted by Crippen LogP contribution is -2.39. The Bertz CT molecular complexity index is 893. The van der Waals surface area contributed by atoms with E-state index in [1.165, 1.54) is 11.3 Å². The van der Waals surface area contributed by atoms with Crippen molar-refractivity contribution in [1.82, 2.24) is 20.4 Å². The van der Waals surface area contributed by atoms with Crippen LogP contribution < -0.4 is 5.32 Å². The Morgan fingerprint density at radius 1 is 1.18 bits per heavy atom. The van der Waals surface area contributed by atoms with Crippen LogP contribution in [0.2, 0.25) is 0 Å². The predicted octanol–water partition coefficient (Wildman–Crippen LogP) is 2.90. The van der Waals surface area contributed by atoms with E-state index < -0.39 is 0 Å². The van der Waals surface area contributed by atoms with E-state index in [0.29, 0.717) is 31.2 Å². The van der Waals surface area contributed by atoms with E-state index in [2.05, 4.69) is 15.5 Å². The molecular weight excluding hydrogens is 376 g/mol. The minimum absolute atomic E-state index is 0.0240. The SMILES string of the molecule is CCN(Cc1ccccc1)C(=O)CNC(=O)CCc1nc(-c2cccs2)no1. The molecule has 0 saturated carbocycles. The van der Waals surface area contributed by atoms with Crippen molar-refractivity contribution < 1.29 is 14.1 Å². The Kier molecular flexibility index (Phi) is 6.91. The highest BCUT2D eigenvalue weighted by molar-refractivity contribution is 7.13. The van der Waals surface area contributed by atoms with Gasteiger partial charge in [-0.2, -0.15) is 4.98 Å². The standard InChI is InChI=1S/C20H22N4O3S/c1-2-24(14-15-7-4-3-5-8-15)19(26)13-21-17(25)10-11-18-22-20(23-27-18)16-9-6-12-28-16/h3-9,12H,2,10-11,13-14H2,1H3,(H,21,25). The first kappa shape index (κ1) is 19.8. The van der Waals surface area contributed by atoms with Crippen molar-refractivity contribution in [2.45, 2.75) is 26.3 Å². The number of hydrogen-bond acceptors (Lipinski definition) is 6. The predicted molar refractivity (Wildman–Crippen MR) is 106 cm³/mol. The molecule has 0 atom stereocenters. The number of carbonyl (C=O) groups is 2. The Labute approximate surface area is 167 Å². The topological polar surface area (TPSA) is 88.3 Å². The smallest absolute Gasteiger partial charge is 0.242 e. The number of benzene rings is 1. The highest BCUT2D eigenvalue weighted by atomic mass is 32.1. The minimum Gasteiger partial charge on any atom is -0.347 e. The maximum Gasteiger partial charge on any atom is 0.242 e. The number of nitrogens with one attached hydrogen (secondary N) is 1. The number of thiophene rings is 1. The van der Waals surface area contributed by atoms with Crippen molar-refractivity contribution in [2.24, 2.45) is 0 Å². The van der Waals surface area contributed by atoms with Crippen LogP contribution in [0.1, 0.15) is 24.8 Å². The summed E-state index contributed by atoms with van der Waals surface area (Å²) in [5, 5.41) is 8.52. The molecule has 0 spiro atoms. The van der Waals surface area contributed by atoms with Crippen molar-refractivity contribution in [1.29, 1.82) is 0 Å². The fourth-order valence-corrected chi connectivity index (χ4v) is 3.29. The van der Waals surface area contributed by atoms with Crippen molar-refractivity contribution in [3.63, 3.8) is 0 Å². The molecule has 2 amide bonds. The van der Waals surface area contributed by atoms with E-state index in [0.717, 1.165) is 10.4 Å². The molecule has 3 aromatic rings. The molecule has 0 saturated heterocycles. The summed E-state index contributed by atoms with van der Waals surface area (Å²) >= 11 is 1.52. The lowest BCUT2D eigenvalue weighted by Gasteiger charge is -2.21. The van der Waals surface area contributed by atoms with Crippen LogP contribution in [-0.2, 0) is 22.6 Å². The molecule has 0 aliphatic heterocycles. The molecule has 0 unspecified atom stereocenters. The maximum absolute atomic E-state index is 12.4. The van der Waals surface area contributed by atoms with Crippen molar-refractivity contribution in [3.05, 3.63) is 59.3 Å². The molecule has 0 fully saturated rings. The van der Waals surface area contributed by atoms with Gasteiger partial charge in [0.2, 0.25) is 23.5 Å². The highest BCUT2D eigenvalue weighted by Gasteiger charge is 2.15. The quantitative estimate of drug-likeness (QED) is 0.599. The lowest BCUT2D eigenvalue weighted by molar-refractivity contribution is -0.133.